The lowest BCUT2D eigenvalue weighted by Crippen LogP contribution is -2.19. The molecular weight excluding hydrogens is 432 g/mol. The van der Waals surface area contributed by atoms with Crippen molar-refractivity contribution in [2.45, 2.75) is 46.0 Å². The molecule has 11 heteroatoms. The Balaban J connectivity index is 1.50. The molecule has 32 heavy (non-hydrogen) atoms. The van der Waals surface area contributed by atoms with Crippen LogP contribution >= 0.6 is 11.3 Å². The highest BCUT2D eigenvalue weighted by molar-refractivity contribution is 7.15. The first kappa shape index (κ1) is 23.2. The van der Waals surface area contributed by atoms with Crippen LogP contribution in [-0.4, -0.2) is 33.9 Å². The summed E-state index contributed by atoms with van der Waals surface area (Å²) in [6.45, 7) is 8.03. The number of anilines is 3. The van der Waals surface area contributed by atoms with Gasteiger partial charge in [0, 0.05) is 28.8 Å². The maximum absolute atomic E-state index is 12.2. The number of hydrogen-bond donors (Lipinski definition) is 3. The number of pyridine rings is 1. The van der Waals surface area contributed by atoms with Crippen LogP contribution in [0, 0.1) is 0 Å². The van der Waals surface area contributed by atoms with Crippen LogP contribution in [0.25, 0.3) is 0 Å². The smallest absolute Gasteiger partial charge is 0.412 e. The normalized spacial score (nSPS) is 11.1. The van der Waals surface area contributed by atoms with Crippen molar-refractivity contribution >= 4 is 40.2 Å². The maximum atomic E-state index is 12.2. The number of hydrogen-bond acceptors (Lipinski definition) is 8. The summed E-state index contributed by atoms with van der Waals surface area (Å²) in [6, 6.07) is 4.94. The van der Waals surface area contributed by atoms with Gasteiger partial charge < -0.3 is 9.26 Å². The standard InChI is InChI=1S/C21H26N6O4S/c1-5-30-20(29)25-16-10-13(8-9-22-16)6-7-14-12-23-19(32-14)26-18(28)24-17-11-15(31-27-17)21(2,3)4/h8-12H,5-7H2,1-4H3,(H,22,25,29)(H2,23,24,26,27,28). The molecule has 170 valence electrons. The first-order valence-corrected chi connectivity index (χ1v) is 10.9. The molecule has 0 aliphatic rings. The molecular formula is C21H26N6O4S. The minimum atomic E-state index is -0.533. The molecule has 3 aromatic heterocycles. The van der Waals surface area contributed by atoms with Crippen LogP contribution in [0.2, 0.25) is 0 Å². The molecule has 3 rings (SSSR count). The lowest BCUT2D eigenvalue weighted by atomic mass is 9.93. The highest BCUT2D eigenvalue weighted by Gasteiger charge is 2.20. The van der Waals surface area contributed by atoms with Crippen molar-refractivity contribution < 1.29 is 18.8 Å². The molecule has 0 atom stereocenters. The minimum Gasteiger partial charge on any atom is -0.450 e. The summed E-state index contributed by atoms with van der Waals surface area (Å²) in [6.07, 6.45) is 4.28. The summed E-state index contributed by atoms with van der Waals surface area (Å²) in [5, 5.41) is 12.3. The third-order valence-electron chi connectivity index (χ3n) is 4.25. The Kier molecular flexibility index (Phi) is 7.41. The number of nitrogens with zero attached hydrogens (tertiary/aromatic N) is 3. The number of carbonyl (C=O) groups excluding carboxylic acids is 2. The van der Waals surface area contributed by atoms with E-state index in [-0.39, 0.29) is 5.41 Å². The number of aryl methyl sites for hydroxylation is 2. The number of amides is 3. The second-order valence-electron chi connectivity index (χ2n) is 7.93. The average Bonchev–Trinajstić information content (AvgIpc) is 3.36. The van der Waals surface area contributed by atoms with E-state index in [2.05, 4.69) is 31.1 Å². The molecule has 3 N–H and O–H groups in total. The molecule has 0 bridgehead atoms. The van der Waals surface area contributed by atoms with Gasteiger partial charge in [0.2, 0.25) is 0 Å². The molecule has 0 radical (unpaired) electrons. The molecule has 0 saturated heterocycles. The Morgan fingerprint density at radius 3 is 2.62 bits per heavy atom. The fraction of sp³-hybridized carbons (Fsp3) is 0.381. The van der Waals surface area contributed by atoms with E-state index in [0.29, 0.717) is 29.1 Å². The van der Waals surface area contributed by atoms with Gasteiger partial charge in [-0.25, -0.2) is 19.6 Å². The number of carbonyl (C=O) groups is 2. The monoisotopic (exact) mass is 458 g/mol. The first-order chi connectivity index (χ1) is 15.2. The second kappa shape index (κ2) is 10.2. The molecule has 0 spiro atoms. The molecule has 0 aliphatic heterocycles. The van der Waals surface area contributed by atoms with Gasteiger partial charge in [-0.3, -0.25) is 16.0 Å². The van der Waals surface area contributed by atoms with Gasteiger partial charge in [0.1, 0.15) is 11.6 Å². The van der Waals surface area contributed by atoms with E-state index in [4.69, 9.17) is 9.26 Å². The number of aromatic nitrogens is 3. The fourth-order valence-corrected chi connectivity index (χ4v) is 3.46. The van der Waals surface area contributed by atoms with Crippen LogP contribution < -0.4 is 16.0 Å². The summed E-state index contributed by atoms with van der Waals surface area (Å²) in [7, 11) is 0. The van der Waals surface area contributed by atoms with Crippen molar-refractivity contribution in [3.05, 3.63) is 46.8 Å². The molecule has 0 aliphatic carbocycles. The van der Waals surface area contributed by atoms with Crippen molar-refractivity contribution in [2.24, 2.45) is 0 Å². The van der Waals surface area contributed by atoms with Gasteiger partial charge in [0.05, 0.1) is 6.61 Å². The van der Waals surface area contributed by atoms with Crippen LogP contribution in [-0.2, 0) is 23.0 Å². The molecule has 0 aromatic carbocycles. The van der Waals surface area contributed by atoms with Gasteiger partial charge in [0.15, 0.2) is 10.9 Å². The van der Waals surface area contributed by atoms with Gasteiger partial charge in [-0.15, -0.1) is 11.3 Å². The molecule has 10 nitrogen and oxygen atoms in total. The van der Waals surface area contributed by atoms with Gasteiger partial charge in [0.25, 0.3) is 0 Å². The zero-order valence-corrected chi connectivity index (χ0v) is 19.2. The zero-order valence-electron chi connectivity index (χ0n) is 18.4. The Bertz CT molecular complexity index is 1070. The topological polar surface area (TPSA) is 131 Å². The molecule has 0 unspecified atom stereocenters. The van der Waals surface area contributed by atoms with Crippen LogP contribution in [0.5, 0.6) is 0 Å². The van der Waals surface area contributed by atoms with E-state index in [9.17, 15) is 9.59 Å². The number of ether oxygens (including phenoxy) is 1. The second-order valence-corrected chi connectivity index (χ2v) is 9.05. The number of urea groups is 1. The Hall–Kier alpha value is -3.47. The third-order valence-corrected chi connectivity index (χ3v) is 5.23. The molecule has 3 heterocycles. The Morgan fingerprint density at radius 2 is 1.91 bits per heavy atom. The van der Waals surface area contributed by atoms with E-state index < -0.39 is 12.1 Å². The summed E-state index contributed by atoms with van der Waals surface area (Å²) < 4.78 is 10.1. The highest BCUT2D eigenvalue weighted by atomic mass is 32.1. The van der Waals surface area contributed by atoms with E-state index >= 15 is 0 Å². The third kappa shape index (κ3) is 6.77. The van der Waals surface area contributed by atoms with Crippen molar-refractivity contribution in [3.63, 3.8) is 0 Å². The van der Waals surface area contributed by atoms with E-state index in [0.717, 1.165) is 23.3 Å². The Labute approximate surface area is 189 Å². The zero-order chi connectivity index (χ0) is 23.1. The molecule has 0 fully saturated rings. The highest BCUT2D eigenvalue weighted by Crippen LogP contribution is 2.25. The lowest BCUT2D eigenvalue weighted by molar-refractivity contribution is 0.168. The number of thiazole rings is 1. The van der Waals surface area contributed by atoms with Gasteiger partial charge in [-0.1, -0.05) is 25.9 Å². The van der Waals surface area contributed by atoms with Crippen molar-refractivity contribution in [3.8, 4) is 0 Å². The Morgan fingerprint density at radius 1 is 1.09 bits per heavy atom. The van der Waals surface area contributed by atoms with Gasteiger partial charge >= 0.3 is 12.1 Å². The predicted molar refractivity (Wildman–Crippen MR) is 122 cm³/mol. The minimum absolute atomic E-state index is 0.196. The van der Waals surface area contributed by atoms with Crippen LogP contribution in [0.15, 0.2) is 35.1 Å². The summed E-state index contributed by atoms with van der Waals surface area (Å²) in [5.74, 6) is 1.46. The van der Waals surface area contributed by atoms with Gasteiger partial charge in [-0.2, -0.15) is 0 Å². The maximum Gasteiger partial charge on any atom is 0.412 e. The SMILES string of the molecule is CCOC(=O)Nc1cc(CCc2cnc(NC(=O)Nc3cc(C(C)(C)C)on3)s2)ccn1. The van der Waals surface area contributed by atoms with Crippen LogP contribution in [0.1, 0.15) is 43.9 Å². The lowest BCUT2D eigenvalue weighted by Gasteiger charge is -2.12. The molecule has 3 amide bonds. The molecule has 0 saturated carbocycles. The van der Waals surface area contributed by atoms with E-state index in [1.54, 1.807) is 31.5 Å². The fourth-order valence-electron chi connectivity index (χ4n) is 2.65. The van der Waals surface area contributed by atoms with Crippen molar-refractivity contribution in [1.29, 1.82) is 0 Å². The van der Waals surface area contributed by atoms with Crippen LogP contribution in [0.4, 0.5) is 26.4 Å². The predicted octanol–water partition coefficient (Wildman–Crippen LogP) is 4.82. The quantitative estimate of drug-likeness (QED) is 0.462. The van der Waals surface area contributed by atoms with E-state index in [1.165, 1.54) is 11.3 Å². The van der Waals surface area contributed by atoms with E-state index in [1.807, 2.05) is 26.8 Å². The largest absolute Gasteiger partial charge is 0.450 e. The summed E-state index contributed by atoms with van der Waals surface area (Å²) in [5.41, 5.74) is 0.811. The number of nitrogens with one attached hydrogen (secondary N) is 3. The number of rotatable bonds is 7. The first-order valence-electron chi connectivity index (χ1n) is 10.1. The van der Waals surface area contributed by atoms with Crippen molar-refractivity contribution in [1.82, 2.24) is 15.1 Å². The summed E-state index contributed by atoms with van der Waals surface area (Å²) >= 11 is 1.39. The van der Waals surface area contributed by atoms with Gasteiger partial charge in [-0.05, 0) is 37.5 Å². The molecule has 3 aromatic rings. The summed E-state index contributed by atoms with van der Waals surface area (Å²) in [4.78, 5) is 33.1. The van der Waals surface area contributed by atoms with Crippen LogP contribution in [0.3, 0.4) is 0 Å². The van der Waals surface area contributed by atoms with Crippen molar-refractivity contribution in [2.75, 3.05) is 22.6 Å². The average molecular weight is 459 g/mol.